The summed E-state index contributed by atoms with van der Waals surface area (Å²) in [6.45, 7) is 0.195. The number of benzene rings is 1. The number of nitrogens with one attached hydrogen (secondary N) is 3. The van der Waals surface area contributed by atoms with E-state index in [1.807, 2.05) is 0 Å². The van der Waals surface area contributed by atoms with Gasteiger partial charge in [-0.2, -0.15) is 13.2 Å². The third-order valence-corrected chi connectivity index (χ3v) is 5.79. The molecule has 0 saturated heterocycles. The zero-order valence-corrected chi connectivity index (χ0v) is 19.2. The van der Waals surface area contributed by atoms with Crippen molar-refractivity contribution in [2.45, 2.75) is 44.7 Å². The maximum atomic E-state index is 13.9. The molecule has 0 bridgehead atoms. The van der Waals surface area contributed by atoms with Crippen LogP contribution < -0.4 is 16.0 Å². The Bertz CT molecular complexity index is 1120. The van der Waals surface area contributed by atoms with Crippen molar-refractivity contribution >= 4 is 29.0 Å². The number of aromatic nitrogens is 1. The molecule has 1 aromatic carbocycles. The average Bonchev–Trinajstić information content (AvgIpc) is 2.84. The fourth-order valence-corrected chi connectivity index (χ4v) is 3.85. The Morgan fingerprint density at radius 2 is 1.83 bits per heavy atom. The number of anilines is 2. The van der Waals surface area contributed by atoms with E-state index in [9.17, 15) is 37.3 Å². The number of carbonyl (C=O) groups is 2. The van der Waals surface area contributed by atoms with Crippen LogP contribution >= 0.6 is 0 Å². The molecule has 36 heavy (non-hydrogen) atoms. The Labute approximate surface area is 203 Å². The van der Waals surface area contributed by atoms with E-state index in [0.29, 0.717) is 19.0 Å². The van der Waals surface area contributed by atoms with Gasteiger partial charge in [0.1, 0.15) is 11.6 Å². The van der Waals surface area contributed by atoms with E-state index in [0.717, 1.165) is 43.5 Å². The number of non-ortho nitro benzene ring substituents is 1. The lowest BCUT2D eigenvalue weighted by Crippen LogP contribution is -2.27. The van der Waals surface area contributed by atoms with Crippen molar-refractivity contribution in [3.8, 4) is 0 Å². The lowest BCUT2D eigenvalue weighted by molar-refractivity contribution is -0.384. The van der Waals surface area contributed by atoms with Gasteiger partial charge in [-0.15, -0.1) is 0 Å². The summed E-state index contributed by atoms with van der Waals surface area (Å²) >= 11 is 0. The molecule has 0 unspecified atom stereocenters. The molecule has 2 amide bonds. The molecule has 1 aliphatic carbocycles. The van der Waals surface area contributed by atoms with Gasteiger partial charge in [-0.3, -0.25) is 19.7 Å². The van der Waals surface area contributed by atoms with Gasteiger partial charge in [0, 0.05) is 37.3 Å². The first-order chi connectivity index (χ1) is 17.1. The van der Waals surface area contributed by atoms with E-state index in [4.69, 9.17) is 0 Å². The molecule has 1 heterocycles. The number of nitro benzene ring substituents is 1. The van der Waals surface area contributed by atoms with Crippen molar-refractivity contribution in [2.75, 3.05) is 23.7 Å². The third kappa shape index (κ3) is 7.12. The quantitative estimate of drug-likeness (QED) is 0.190. The molecular weight excluding hydrogens is 486 g/mol. The Morgan fingerprint density at radius 1 is 1.11 bits per heavy atom. The molecule has 1 fully saturated rings. The summed E-state index contributed by atoms with van der Waals surface area (Å²) in [5.74, 6) is -2.34. The van der Waals surface area contributed by atoms with Gasteiger partial charge in [0.05, 0.1) is 21.7 Å². The molecular formula is C23H25F4N5O4. The SMILES string of the molecule is O=C(NCCCNc1ncc(C(F)(F)F)cc1NC(=O)C1CCCCC1)c1cc([N+](=O)[O-])ccc1F. The Hall–Kier alpha value is -3.77. The van der Waals surface area contributed by atoms with E-state index in [2.05, 4.69) is 20.9 Å². The second-order valence-electron chi connectivity index (χ2n) is 8.40. The van der Waals surface area contributed by atoms with Crippen LogP contribution in [0.4, 0.5) is 34.8 Å². The maximum absolute atomic E-state index is 13.9. The van der Waals surface area contributed by atoms with Crippen LogP contribution in [0.5, 0.6) is 0 Å². The van der Waals surface area contributed by atoms with Crippen molar-refractivity contribution in [1.29, 1.82) is 0 Å². The lowest BCUT2D eigenvalue weighted by Gasteiger charge is -2.22. The van der Waals surface area contributed by atoms with Crippen LogP contribution in [0, 0.1) is 21.8 Å². The van der Waals surface area contributed by atoms with Crippen LogP contribution in [0.3, 0.4) is 0 Å². The van der Waals surface area contributed by atoms with Crippen LogP contribution in [0.1, 0.15) is 54.4 Å². The minimum Gasteiger partial charge on any atom is -0.368 e. The van der Waals surface area contributed by atoms with Gasteiger partial charge in [0.25, 0.3) is 11.6 Å². The molecule has 3 N–H and O–H groups in total. The maximum Gasteiger partial charge on any atom is 0.417 e. The van der Waals surface area contributed by atoms with Gasteiger partial charge in [0.15, 0.2) is 0 Å². The zero-order chi connectivity index (χ0) is 26.3. The van der Waals surface area contributed by atoms with Gasteiger partial charge in [0.2, 0.25) is 5.91 Å². The largest absolute Gasteiger partial charge is 0.417 e. The highest BCUT2D eigenvalue weighted by molar-refractivity contribution is 5.95. The zero-order valence-electron chi connectivity index (χ0n) is 19.2. The molecule has 0 spiro atoms. The van der Waals surface area contributed by atoms with Gasteiger partial charge < -0.3 is 16.0 Å². The highest BCUT2D eigenvalue weighted by Gasteiger charge is 2.32. The van der Waals surface area contributed by atoms with Crippen molar-refractivity contribution in [3.63, 3.8) is 0 Å². The number of nitro groups is 1. The number of rotatable bonds is 9. The fraction of sp³-hybridized carbons (Fsp3) is 0.435. The molecule has 2 aromatic rings. The minimum atomic E-state index is -4.64. The molecule has 1 saturated carbocycles. The first kappa shape index (κ1) is 26.8. The first-order valence-electron chi connectivity index (χ1n) is 11.4. The van der Waals surface area contributed by atoms with E-state index >= 15 is 0 Å². The van der Waals surface area contributed by atoms with Crippen LogP contribution in [-0.4, -0.2) is 34.8 Å². The molecule has 1 aromatic heterocycles. The van der Waals surface area contributed by atoms with Crippen LogP contribution in [0.2, 0.25) is 0 Å². The summed E-state index contributed by atoms with van der Waals surface area (Å²) in [5.41, 5.74) is -2.00. The van der Waals surface area contributed by atoms with E-state index in [1.54, 1.807) is 0 Å². The van der Waals surface area contributed by atoms with Gasteiger partial charge in [-0.25, -0.2) is 9.37 Å². The van der Waals surface area contributed by atoms with Crippen LogP contribution in [-0.2, 0) is 11.0 Å². The number of carbonyl (C=O) groups excluding carboxylic acids is 2. The predicted octanol–water partition coefficient (Wildman–Crippen LogP) is 4.90. The monoisotopic (exact) mass is 511 g/mol. The molecule has 0 atom stereocenters. The molecule has 3 rings (SSSR count). The second kappa shape index (κ2) is 11.8. The number of nitrogens with zero attached hydrogens (tertiary/aromatic N) is 2. The number of hydrogen-bond donors (Lipinski definition) is 3. The lowest BCUT2D eigenvalue weighted by atomic mass is 9.88. The van der Waals surface area contributed by atoms with Crippen LogP contribution in [0.15, 0.2) is 30.5 Å². The predicted molar refractivity (Wildman–Crippen MR) is 123 cm³/mol. The smallest absolute Gasteiger partial charge is 0.368 e. The van der Waals surface area contributed by atoms with E-state index in [-0.39, 0.29) is 42.8 Å². The Balaban J connectivity index is 1.59. The molecule has 194 valence electrons. The van der Waals surface area contributed by atoms with Gasteiger partial charge >= 0.3 is 6.18 Å². The summed E-state index contributed by atoms with van der Waals surface area (Å²) in [5, 5.41) is 18.7. The van der Waals surface area contributed by atoms with Crippen LogP contribution in [0.25, 0.3) is 0 Å². The topological polar surface area (TPSA) is 126 Å². The molecule has 9 nitrogen and oxygen atoms in total. The highest BCUT2D eigenvalue weighted by atomic mass is 19.4. The van der Waals surface area contributed by atoms with Crippen molar-refractivity contribution in [3.05, 3.63) is 57.5 Å². The highest BCUT2D eigenvalue weighted by Crippen LogP contribution is 2.33. The standard InChI is InChI=1S/C23H25F4N5O4/c24-18-8-7-16(32(35)36)12-17(18)22(34)29-10-4-9-28-20-19(11-15(13-30-20)23(25,26)27)31-21(33)14-5-2-1-3-6-14/h7-8,11-14H,1-6,9-10H2,(H,28,30)(H,29,34)(H,31,33). The second-order valence-corrected chi connectivity index (χ2v) is 8.40. The first-order valence-corrected chi connectivity index (χ1v) is 11.4. The minimum absolute atomic E-state index is 0.0400. The normalized spacial score (nSPS) is 14.2. The number of amides is 2. The number of hydrogen-bond acceptors (Lipinski definition) is 6. The molecule has 0 aliphatic heterocycles. The van der Waals surface area contributed by atoms with Gasteiger partial charge in [-0.1, -0.05) is 19.3 Å². The Morgan fingerprint density at radius 3 is 2.50 bits per heavy atom. The fourth-order valence-electron chi connectivity index (χ4n) is 3.85. The average molecular weight is 511 g/mol. The summed E-state index contributed by atoms with van der Waals surface area (Å²) in [7, 11) is 0. The Kier molecular flexibility index (Phi) is 8.78. The van der Waals surface area contributed by atoms with Crippen molar-refractivity contribution in [2.24, 2.45) is 5.92 Å². The molecule has 13 heteroatoms. The third-order valence-electron chi connectivity index (χ3n) is 5.79. The summed E-state index contributed by atoms with van der Waals surface area (Å²) in [4.78, 5) is 38.7. The summed E-state index contributed by atoms with van der Waals surface area (Å²) in [6, 6.07) is 3.42. The molecule has 0 radical (unpaired) electrons. The van der Waals surface area contributed by atoms with E-state index in [1.165, 1.54) is 0 Å². The number of halogens is 4. The summed E-state index contributed by atoms with van der Waals surface area (Å²) < 4.78 is 53.4. The van der Waals surface area contributed by atoms with Gasteiger partial charge in [-0.05, 0) is 31.4 Å². The van der Waals surface area contributed by atoms with Crippen molar-refractivity contribution < 1.29 is 32.1 Å². The number of pyridine rings is 1. The van der Waals surface area contributed by atoms with Crippen molar-refractivity contribution in [1.82, 2.24) is 10.3 Å². The number of alkyl halides is 3. The molecule has 1 aliphatic rings. The summed E-state index contributed by atoms with van der Waals surface area (Å²) in [6.07, 6.45) is 0.421. The van der Waals surface area contributed by atoms with E-state index < -0.39 is 39.6 Å².